The van der Waals surface area contributed by atoms with Crippen LogP contribution in [0.25, 0.3) is 0 Å². The van der Waals surface area contributed by atoms with Crippen LogP contribution in [0.15, 0.2) is 12.4 Å². The maximum Gasteiger partial charge on any atom is 0.0522 e. The van der Waals surface area contributed by atoms with Crippen molar-refractivity contribution in [3.63, 3.8) is 0 Å². The molecule has 0 bridgehead atoms. The van der Waals surface area contributed by atoms with Crippen molar-refractivity contribution in [3.8, 4) is 0 Å². The summed E-state index contributed by atoms with van der Waals surface area (Å²) in [5, 5.41) is 7.96. The van der Waals surface area contributed by atoms with Gasteiger partial charge in [0.2, 0.25) is 0 Å². The number of nitrogens with zero attached hydrogens (tertiary/aromatic N) is 2. The first kappa shape index (κ1) is 13.6. The van der Waals surface area contributed by atoms with Crippen molar-refractivity contribution in [1.29, 1.82) is 0 Å². The zero-order chi connectivity index (χ0) is 13.0. The van der Waals surface area contributed by atoms with E-state index in [9.17, 15) is 0 Å². The molecular formula is C15H27N3. The van der Waals surface area contributed by atoms with Gasteiger partial charge in [-0.05, 0) is 43.2 Å². The summed E-state index contributed by atoms with van der Waals surface area (Å²) < 4.78 is 1.90. The molecule has 1 aliphatic carbocycles. The monoisotopic (exact) mass is 249 g/mol. The van der Waals surface area contributed by atoms with Crippen molar-refractivity contribution in [2.24, 2.45) is 18.9 Å². The van der Waals surface area contributed by atoms with E-state index in [1.165, 1.54) is 31.2 Å². The van der Waals surface area contributed by atoms with Crippen molar-refractivity contribution in [1.82, 2.24) is 15.1 Å². The van der Waals surface area contributed by atoms with E-state index in [1.54, 1.807) is 0 Å². The molecule has 1 N–H and O–H groups in total. The fourth-order valence-electron chi connectivity index (χ4n) is 3.19. The van der Waals surface area contributed by atoms with Gasteiger partial charge in [-0.1, -0.05) is 26.7 Å². The van der Waals surface area contributed by atoms with Crippen molar-refractivity contribution in [3.05, 3.63) is 18.0 Å². The van der Waals surface area contributed by atoms with Gasteiger partial charge >= 0.3 is 0 Å². The van der Waals surface area contributed by atoms with Crippen molar-refractivity contribution >= 4 is 0 Å². The second-order valence-corrected chi connectivity index (χ2v) is 5.91. The van der Waals surface area contributed by atoms with Crippen LogP contribution in [0.2, 0.25) is 0 Å². The molecule has 1 aromatic rings. The molecule has 0 amide bonds. The van der Waals surface area contributed by atoms with Gasteiger partial charge < -0.3 is 5.32 Å². The molecule has 1 aromatic heterocycles. The van der Waals surface area contributed by atoms with Gasteiger partial charge in [0.05, 0.1) is 6.20 Å². The van der Waals surface area contributed by atoms with Crippen LogP contribution in [0.3, 0.4) is 0 Å². The molecule has 1 aliphatic rings. The highest BCUT2D eigenvalue weighted by molar-refractivity contribution is 5.07. The predicted octanol–water partition coefficient (Wildman–Crippen LogP) is 2.77. The maximum absolute atomic E-state index is 4.28. The lowest BCUT2D eigenvalue weighted by molar-refractivity contribution is 0.230. The Hall–Kier alpha value is -0.830. The van der Waals surface area contributed by atoms with E-state index < -0.39 is 0 Å². The van der Waals surface area contributed by atoms with E-state index in [1.807, 2.05) is 17.9 Å². The Morgan fingerprint density at radius 2 is 2.11 bits per heavy atom. The molecule has 0 spiro atoms. The molecule has 0 saturated heterocycles. The molecule has 1 saturated carbocycles. The molecule has 0 aliphatic heterocycles. The molecule has 1 heterocycles. The van der Waals surface area contributed by atoms with Gasteiger partial charge in [0.15, 0.2) is 0 Å². The minimum absolute atomic E-state index is 0.631. The minimum atomic E-state index is 0.631. The van der Waals surface area contributed by atoms with Crippen LogP contribution in [0.5, 0.6) is 0 Å². The molecule has 0 radical (unpaired) electrons. The van der Waals surface area contributed by atoms with Crippen LogP contribution in [-0.4, -0.2) is 22.4 Å². The van der Waals surface area contributed by atoms with E-state index in [-0.39, 0.29) is 0 Å². The summed E-state index contributed by atoms with van der Waals surface area (Å²) in [5.74, 6) is 1.78. The van der Waals surface area contributed by atoms with Crippen molar-refractivity contribution in [2.75, 3.05) is 6.54 Å². The maximum atomic E-state index is 4.28. The summed E-state index contributed by atoms with van der Waals surface area (Å²) in [7, 11) is 1.99. The Balaban J connectivity index is 1.94. The van der Waals surface area contributed by atoms with E-state index >= 15 is 0 Å². The van der Waals surface area contributed by atoms with Gasteiger partial charge in [0.1, 0.15) is 0 Å². The standard InChI is InChI=1S/C15H27N3/c1-4-16-15(9-13-10-17-18(3)11-13)14-7-5-12(2)6-8-14/h10-12,14-16H,4-9H2,1-3H3. The third kappa shape index (κ3) is 3.58. The number of rotatable bonds is 5. The second-order valence-electron chi connectivity index (χ2n) is 5.91. The number of likely N-dealkylation sites (N-methyl/N-ethyl adjacent to an activating group) is 1. The highest BCUT2D eigenvalue weighted by Crippen LogP contribution is 2.31. The van der Waals surface area contributed by atoms with Crippen molar-refractivity contribution < 1.29 is 0 Å². The molecule has 1 unspecified atom stereocenters. The number of nitrogens with one attached hydrogen (secondary N) is 1. The van der Waals surface area contributed by atoms with Crippen molar-refractivity contribution in [2.45, 2.75) is 52.0 Å². The quantitative estimate of drug-likeness (QED) is 0.869. The molecule has 18 heavy (non-hydrogen) atoms. The first-order chi connectivity index (χ1) is 8.69. The summed E-state index contributed by atoms with van der Waals surface area (Å²) in [4.78, 5) is 0. The van der Waals surface area contributed by atoms with Gasteiger partial charge in [0.25, 0.3) is 0 Å². The molecule has 1 atom stereocenters. The Morgan fingerprint density at radius 1 is 1.39 bits per heavy atom. The van der Waals surface area contributed by atoms with E-state index in [4.69, 9.17) is 0 Å². The topological polar surface area (TPSA) is 29.9 Å². The molecule has 102 valence electrons. The van der Waals surface area contributed by atoms with Crippen LogP contribution >= 0.6 is 0 Å². The number of aryl methyl sites for hydroxylation is 1. The van der Waals surface area contributed by atoms with Crippen LogP contribution in [0.1, 0.15) is 45.1 Å². The van der Waals surface area contributed by atoms with Gasteiger partial charge in [-0.15, -0.1) is 0 Å². The highest BCUT2D eigenvalue weighted by atomic mass is 15.2. The summed E-state index contributed by atoms with van der Waals surface area (Å²) in [6, 6.07) is 0.631. The molecule has 3 heteroatoms. The molecule has 0 aromatic carbocycles. The van der Waals surface area contributed by atoms with Crippen LogP contribution < -0.4 is 5.32 Å². The SMILES string of the molecule is CCNC(Cc1cnn(C)c1)C1CCC(C)CC1. The first-order valence-corrected chi connectivity index (χ1v) is 7.40. The normalized spacial score (nSPS) is 26.2. The Morgan fingerprint density at radius 3 is 2.67 bits per heavy atom. The summed E-state index contributed by atoms with van der Waals surface area (Å²) >= 11 is 0. The van der Waals surface area contributed by atoms with Crippen LogP contribution in [0.4, 0.5) is 0 Å². The lowest BCUT2D eigenvalue weighted by Crippen LogP contribution is -2.39. The molecule has 2 rings (SSSR count). The first-order valence-electron chi connectivity index (χ1n) is 7.40. The highest BCUT2D eigenvalue weighted by Gasteiger charge is 2.25. The third-order valence-corrected chi connectivity index (χ3v) is 4.31. The van der Waals surface area contributed by atoms with Crippen LogP contribution in [-0.2, 0) is 13.5 Å². The fourth-order valence-corrected chi connectivity index (χ4v) is 3.19. The Labute approximate surface area is 111 Å². The lowest BCUT2D eigenvalue weighted by Gasteiger charge is -2.33. The number of aromatic nitrogens is 2. The number of hydrogen-bond acceptors (Lipinski definition) is 2. The number of hydrogen-bond donors (Lipinski definition) is 1. The lowest BCUT2D eigenvalue weighted by atomic mass is 9.78. The van der Waals surface area contributed by atoms with E-state index in [2.05, 4.69) is 30.5 Å². The Bertz CT molecular complexity index is 350. The summed E-state index contributed by atoms with van der Waals surface area (Å²) in [6.07, 6.45) is 10.9. The molecule has 3 nitrogen and oxygen atoms in total. The Kier molecular flexibility index (Phi) is 4.81. The average molecular weight is 249 g/mol. The molecular weight excluding hydrogens is 222 g/mol. The fraction of sp³-hybridized carbons (Fsp3) is 0.800. The second kappa shape index (κ2) is 6.37. The van der Waals surface area contributed by atoms with Gasteiger partial charge in [0, 0.05) is 19.3 Å². The van der Waals surface area contributed by atoms with Gasteiger partial charge in [-0.2, -0.15) is 5.10 Å². The van der Waals surface area contributed by atoms with E-state index in [0.29, 0.717) is 6.04 Å². The largest absolute Gasteiger partial charge is 0.314 e. The molecule has 1 fully saturated rings. The smallest absolute Gasteiger partial charge is 0.0522 e. The van der Waals surface area contributed by atoms with E-state index in [0.717, 1.165) is 24.8 Å². The van der Waals surface area contributed by atoms with Gasteiger partial charge in [-0.3, -0.25) is 4.68 Å². The van der Waals surface area contributed by atoms with Gasteiger partial charge in [-0.25, -0.2) is 0 Å². The summed E-state index contributed by atoms with van der Waals surface area (Å²) in [5.41, 5.74) is 1.36. The average Bonchev–Trinajstić information content (AvgIpc) is 2.75. The summed E-state index contributed by atoms with van der Waals surface area (Å²) in [6.45, 7) is 5.66. The minimum Gasteiger partial charge on any atom is -0.314 e. The van der Waals surface area contributed by atoms with Crippen LogP contribution in [0, 0.1) is 11.8 Å². The zero-order valence-corrected chi connectivity index (χ0v) is 12.0. The third-order valence-electron chi connectivity index (χ3n) is 4.31. The zero-order valence-electron chi connectivity index (χ0n) is 12.0. The predicted molar refractivity (Wildman–Crippen MR) is 75.5 cm³/mol.